The van der Waals surface area contributed by atoms with E-state index in [2.05, 4.69) is 0 Å². The first-order valence-corrected chi connectivity index (χ1v) is 7.38. The molecule has 0 aliphatic carbocycles. The smallest absolute Gasteiger partial charge is 0.140 e. The first-order valence-electron chi connectivity index (χ1n) is 7.38. The minimum absolute atomic E-state index is 0.582. The van der Waals surface area contributed by atoms with E-state index in [0.717, 1.165) is 33.9 Å². The molecule has 0 spiro atoms. The fourth-order valence-electron chi connectivity index (χ4n) is 2.87. The van der Waals surface area contributed by atoms with E-state index in [0.29, 0.717) is 6.42 Å². The van der Waals surface area contributed by atoms with Crippen molar-refractivity contribution in [3.63, 3.8) is 0 Å². The molecule has 0 saturated heterocycles. The fraction of sp³-hybridized carbons (Fsp3) is 0.278. The van der Waals surface area contributed by atoms with E-state index in [-0.39, 0.29) is 0 Å². The van der Waals surface area contributed by atoms with E-state index >= 15 is 0 Å². The zero-order chi connectivity index (χ0) is 15.7. The first kappa shape index (κ1) is 14.6. The number of rotatable bonds is 4. The van der Waals surface area contributed by atoms with Crippen LogP contribution in [0.3, 0.4) is 0 Å². The summed E-state index contributed by atoms with van der Waals surface area (Å²) in [5.41, 5.74) is 4.77. The van der Waals surface area contributed by atoms with Gasteiger partial charge in [0.1, 0.15) is 11.4 Å². The highest BCUT2D eigenvalue weighted by molar-refractivity contribution is 5.52. The summed E-state index contributed by atoms with van der Waals surface area (Å²) in [6, 6.07) is 11.9. The van der Waals surface area contributed by atoms with Crippen molar-refractivity contribution in [3.8, 4) is 5.75 Å². The summed E-state index contributed by atoms with van der Waals surface area (Å²) in [6.45, 7) is 3.80. The van der Waals surface area contributed by atoms with Gasteiger partial charge in [0.05, 0.1) is 24.6 Å². The second kappa shape index (κ2) is 5.81. The molecule has 0 saturated carbocycles. The Labute approximate surface area is 130 Å². The van der Waals surface area contributed by atoms with E-state index in [4.69, 9.17) is 9.72 Å². The molecular formula is C18H20N2O2. The maximum absolute atomic E-state index is 10.2. The fourth-order valence-corrected chi connectivity index (χ4v) is 2.87. The third-order valence-corrected chi connectivity index (χ3v) is 3.90. The number of benzene rings is 1. The highest BCUT2D eigenvalue weighted by Gasteiger charge is 2.18. The molecule has 114 valence electrons. The summed E-state index contributed by atoms with van der Waals surface area (Å²) in [4.78, 5) is 4.75. The molecule has 1 aromatic carbocycles. The largest absolute Gasteiger partial charge is 0.496 e. The Morgan fingerprint density at radius 3 is 2.73 bits per heavy atom. The van der Waals surface area contributed by atoms with Crippen LogP contribution < -0.4 is 4.74 Å². The molecule has 2 aromatic heterocycles. The summed E-state index contributed by atoms with van der Waals surface area (Å²) in [6.07, 6.45) is 2.00. The number of aryl methyl sites for hydroxylation is 1. The van der Waals surface area contributed by atoms with Crippen molar-refractivity contribution in [2.75, 3.05) is 7.11 Å². The monoisotopic (exact) mass is 296 g/mol. The number of ether oxygens (including phenoxy) is 1. The highest BCUT2D eigenvalue weighted by atomic mass is 16.5. The quantitative estimate of drug-likeness (QED) is 0.803. The van der Waals surface area contributed by atoms with Crippen molar-refractivity contribution in [2.45, 2.75) is 26.4 Å². The van der Waals surface area contributed by atoms with Gasteiger partial charge in [-0.1, -0.05) is 24.3 Å². The number of hydrogen-bond acceptors (Lipinski definition) is 3. The number of hydrogen-bond donors (Lipinski definition) is 1. The van der Waals surface area contributed by atoms with Crippen molar-refractivity contribution in [1.82, 2.24) is 9.38 Å². The number of nitrogens with zero attached hydrogens (tertiary/aromatic N) is 2. The van der Waals surface area contributed by atoms with Crippen LogP contribution in [0, 0.1) is 6.92 Å². The molecule has 1 unspecified atom stereocenters. The number of methoxy groups -OCH3 is 1. The molecule has 0 radical (unpaired) electrons. The van der Waals surface area contributed by atoms with E-state index in [1.54, 1.807) is 14.0 Å². The number of aliphatic hydroxyl groups excluding tert-OH is 1. The predicted octanol–water partition coefficient (Wildman–Crippen LogP) is 3.30. The molecule has 4 heteroatoms. The molecule has 0 bridgehead atoms. The zero-order valence-electron chi connectivity index (χ0n) is 13.1. The van der Waals surface area contributed by atoms with Gasteiger partial charge in [-0.25, -0.2) is 4.98 Å². The lowest BCUT2D eigenvalue weighted by atomic mass is 10.1. The van der Waals surface area contributed by atoms with Crippen LogP contribution in [-0.4, -0.2) is 21.6 Å². The predicted molar refractivity (Wildman–Crippen MR) is 86.4 cm³/mol. The Bertz CT molecular complexity index is 806. The Morgan fingerprint density at radius 1 is 1.23 bits per heavy atom. The second-order valence-corrected chi connectivity index (χ2v) is 5.49. The molecule has 3 rings (SSSR count). The van der Waals surface area contributed by atoms with Crippen LogP contribution in [0.1, 0.15) is 35.5 Å². The Morgan fingerprint density at radius 2 is 2.00 bits per heavy atom. The van der Waals surface area contributed by atoms with Gasteiger partial charge in [0.2, 0.25) is 0 Å². The van der Waals surface area contributed by atoms with Crippen LogP contribution in [0.4, 0.5) is 0 Å². The van der Waals surface area contributed by atoms with Crippen LogP contribution in [0.25, 0.3) is 5.65 Å². The van der Waals surface area contributed by atoms with E-state index in [9.17, 15) is 5.11 Å². The van der Waals surface area contributed by atoms with Crippen molar-refractivity contribution in [1.29, 1.82) is 0 Å². The zero-order valence-corrected chi connectivity index (χ0v) is 13.1. The summed E-state index contributed by atoms with van der Waals surface area (Å²) >= 11 is 0. The van der Waals surface area contributed by atoms with Crippen molar-refractivity contribution >= 4 is 5.65 Å². The summed E-state index contributed by atoms with van der Waals surface area (Å²) in [5, 5.41) is 10.2. The van der Waals surface area contributed by atoms with Gasteiger partial charge in [-0.05, 0) is 31.5 Å². The topological polar surface area (TPSA) is 46.8 Å². The average Bonchev–Trinajstić information content (AvgIpc) is 2.87. The minimum atomic E-state index is -0.582. The molecular weight excluding hydrogens is 276 g/mol. The van der Waals surface area contributed by atoms with Gasteiger partial charge in [-0.3, -0.25) is 0 Å². The van der Waals surface area contributed by atoms with Crippen LogP contribution in [-0.2, 0) is 6.42 Å². The van der Waals surface area contributed by atoms with Gasteiger partial charge in [0.15, 0.2) is 0 Å². The molecule has 22 heavy (non-hydrogen) atoms. The maximum Gasteiger partial charge on any atom is 0.140 e. The molecule has 0 aliphatic rings. The number of pyridine rings is 1. The number of aromatic nitrogens is 2. The Kier molecular flexibility index (Phi) is 3.86. The van der Waals surface area contributed by atoms with Gasteiger partial charge in [0.25, 0.3) is 0 Å². The van der Waals surface area contributed by atoms with Crippen molar-refractivity contribution in [3.05, 3.63) is 65.1 Å². The number of fused-ring (bicyclic) bond motifs is 1. The van der Waals surface area contributed by atoms with Gasteiger partial charge in [-0.2, -0.15) is 0 Å². The number of para-hydroxylation sites is 1. The normalized spacial score (nSPS) is 12.5. The lowest BCUT2D eigenvalue weighted by molar-refractivity contribution is 0.192. The van der Waals surface area contributed by atoms with Crippen molar-refractivity contribution < 1.29 is 9.84 Å². The molecule has 0 amide bonds. The lowest BCUT2D eigenvalue weighted by Crippen LogP contribution is -2.03. The summed E-state index contributed by atoms with van der Waals surface area (Å²) in [5.74, 6) is 0.841. The van der Waals surface area contributed by atoms with Gasteiger partial charge in [-0.15, -0.1) is 0 Å². The third-order valence-electron chi connectivity index (χ3n) is 3.90. The average molecular weight is 296 g/mol. The molecule has 0 fully saturated rings. The molecule has 2 heterocycles. The highest BCUT2D eigenvalue weighted by Crippen LogP contribution is 2.27. The standard InChI is InChI=1S/C18H20N2O2/c1-12-7-6-10-20-17(13(2)21)15(19-18(12)20)11-14-8-4-5-9-16(14)22-3/h4-10,13,21H,11H2,1-3H3. The van der Waals surface area contributed by atoms with Crippen LogP contribution in [0.15, 0.2) is 42.6 Å². The maximum atomic E-state index is 10.2. The summed E-state index contributed by atoms with van der Waals surface area (Å²) in [7, 11) is 1.67. The molecule has 1 N–H and O–H groups in total. The van der Waals surface area contributed by atoms with Crippen LogP contribution in [0.2, 0.25) is 0 Å². The first-order chi connectivity index (χ1) is 10.6. The van der Waals surface area contributed by atoms with Crippen LogP contribution in [0.5, 0.6) is 5.75 Å². The SMILES string of the molecule is COc1ccccc1Cc1nc2c(C)cccn2c1C(C)O. The second-order valence-electron chi connectivity index (χ2n) is 5.49. The molecule has 4 nitrogen and oxygen atoms in total. The number of aliphatic hydroxyl groups is 1. The lowest BCUT2D eigenvalue weighted by Gasteiger charge is -2.10. The van der Waals surface area contributed by atoms with E-state index in [1.807, 2.05) is 53.9 Å². The summed E-state index contributed by atoms with van der Waals surface area (Å²) < 4.78 is 7.40. The third kappa shape index (κ3) is 2.46. The van der Waals surface area contributed by atoms with Crippen LogP contribution >= 0.6 is 0 Å². The Hall–Kier alpha value is -2.33. The van der Waals surface area contributed by atoms with Crippen molar-refractivity contribution in [2.24, 2.45) is 0 Å². The van der Waals surface area contributed by atoms with Gasteiger partial charge in [0, 0.05) is 18.2 Å². The van der Waals surface area contributed by atoms with E-state index in [1.165, 1.54) is 0 Å². The molecule has 1 atom stereocenters. The Balaban J connectivity index is 2.14. The molecule has 0 aliphatic heterocycles. The van der Waals surface area contributed by atoms with Gasteiger partial charge < -0.3 is 14.2 Å². The number of imidazole rings is 1. The van der Waals surface area contributed by atoms with E-state index < -0.39 is 6.10 Å². The molecule has 3 aromatic rings. The van der Waals surface area contributed by atoms with Gasteiger partial charge >= 0.3 is 0 Å². The minimum Gasteiger partial charge on any atom is -0.496 e.